The number of hydrogen-bond donors (Lipinski definition) is 2. The molecule has 0 radical (unpaired) electrons. The molecule has 1 atom stereocenters. The Morgan fingerprint density at radius 2 is 2.00 bits per heavy atom. The van der Waals surface area contributed by atoms with Crippen molar-refractivity contribution in [1.82, 2.24) is 0 Å². The summed E-state index contributed by atoms with van der Waals surface area (Å²) in [6.07, 6.45) is 2.73. The fraction of sp³-hybridized carbons (Fsp3) is 1.00. The number of hydrogen-bond acceptors (Lipinski definition) is 2. The minimum atomic E-state index is -3.13. The van der Waals surface area contributed by atoms with E-state index >= 15 is 0 Å². The first-order chi connectivity index (χ1) is 5.13. The minimum Gasteiger partial charge on any atom is -0.420 e. The third-order valence-corrected chi connectivity index (χ3v) is 3.43. The molecule has 1 rings (SSSR count). The highest BCUT2D eigenvalue weighted by molar-refractivity contribution is 7.30. The maximum atomic E-state index is 8.74. The fourth-order valence-electron chi connectivity index (χ4n) is 0.902. The van der Waals surface area contributed by atoms with Crippen LogP contribution in [-0.2, 0) is 8.99 Å². The summed E-state index contributed by atoms with van der Waals surface area (Å²) in [5, 5.41) is 0. The molecule has 0 aromatic carbocycles. The van der Waals surface area contributed by atoms with E-state index in [9.17, 15) is 0 Å². The van der Waals surface area contributed by atoms with Crippen LogP contribution in [0.25, 0.3) is 0 Å². The molecule has 6 heteroatoms. The van der Waals surface area contributed by atoms with Crippen LogP contribution in [0.1, 0.15) is 12.8 Å². The van der Waals surface area contributed by atoms with Crippen LogP contribution in [-0.4, -0.2) is 25.4 Å². The first kappa shape index (κ1) is 11.3. The Labute approximate surface area is 68.9 Å². The second kappa shape index (κ2) is 7.00. The Morgan fingerprint density at radius 1 is 1.45 bits per heavy atom. The summed E-state index contributed by atoms with van der Waals surface area (Å²) >= 11 is 0. The highest BCUT2D eigenvalue weighted by Crippen LogP contribution is 2.09. The Kier molecular flexibility index (Phi) is 7.21. The van der Waals surface area contributed by atoms with Gasteiger partial charge in [0.1, 0.15) is 0 Å². The summed E-state index contributed by atoms with van der Waals surface area (Å²) in [6, 6.07) is 1.40. The smallest absolute Gasteiger partial charge is 0.314 e. The lowest BCUT2D eigenvalue weighted by Gasteiger charge is -2.16. The normalized spacial score (nSPS) is 24.2. The summed E-state index contributed by atoms with van der Waals surface area (Å²) in [4.78, 5) is 14.3. The van der Waals surface area contributed by atoms with Crippen molar-refractivity contribution in [3.63, 3.8) is 0 Å². The molecule has 1 saturated heterocycles. The van der Waals surface area contributed by atoms with Crippen LogP contribution in [0.2, 0.25) is 12.6 Å². The van der Waals surface area contributed by atoms with Gasteiger partial charge < -0.3 is 14.2 Å². The van der Waals surface area contributed by atoms with E-state index in [1.54, 1.807) is 0 Å². The number of rotatable bonds is 0. The molecule has 0 saturated carbocycles. The first-order valence-electron chi connectivity index (χ1n) is 3.66. The molecule has 2 N–H and O–H groups in total. The Morgan fingerprint density at radius 3 is 2.18 bits per heavy atom. The molecule has 1 fully saturated rings. The van der Waals surface area contributed by atoms with E-state index in [0.29, 0.717) is 0 Å². The second-order valence-electron chi connectivity index (χ2n) is 2.46. The molecule has 1 aliphatic rings. The predicted molar refractivity (Wildman–Crippen MR) is 46.4 cm³/mol. The average Bonchev–Trinajstić information content (AvgIpc) is 1.87. The molecule has 0 spiro atoms. The van der Waals surface area contributed by atoms with Gasteiger partial charge in [0.15, 0.2) is 9.04 Å². The molecular weight excluding hydrogens is 183 g/mol. The van der Waals surface area contributed by atoms with Gasteiger partial charge in [-0.1, -0.05) is 6.42 Å². The maximum Gasteiger partial charge on any atom is 0.314 e. The van der Waals surface area contributed by atoms with Gasteiger partial charge in [0, 0.05) is 6.61 Å². The van der Waals surface area contributed by atoms with E-state index in [-0.39, 0.29) is 0 Å². The monoisotopic (exact) mass is 198 g/mol. The molecule has 0 aromatic rings. The minimum absolute atomic E-state index is 0.595. The highest BCUT2D eigenvalue weighted by Gasteiger charge is 2.08. The van der Waals surface area contributed by atoms with Crippen molar-refractivity contribution in [1.29, 1.82) is 0 Å². The van der Waals surface area contributed by atoms with E-state index in [0.717, 1.165) is 6.61 Å². The molecule has 11 heavy (non-hydrogen) atoms. The van der Waals surface area contributed by atoms with Gasteiger partial charge in [0.05, 0.1) is 0 Å². The lowest BCUT2D eigenvalue weighted by atomic mass is 10.4. The van der Waals surface area contributed by atoms with Crippen LogP contribution in [0.4, 0.5) is 0 Å². The van der Waals surface area contributed by atoms with Gasteiger partial charge in [-0.3, -0.25) is 4.57 Å². The third-order valence-electron chi connectivity index (χ3n) is 1.41. The van der Waals surface area contributed by atoms with Crippen molar-refractivity contribution in [2.75, 3.05) is 6.61 Å². The molecule has 4 nitrogen and oxygen atoms in total. The predicted octanol–water partition coefficient (Wildman–Crippen LogP) is 0.511. The average molecular weight is 198 g/mol. The SMILES string of the molecule is C[SiH]1CCCCO1.O=[PH](O)O. The molecule has 0 amide bonds. The summed E-state index contributed by atoms with van der Waals surface area (Å²) in [5.41, 5.74) is 0. The third kappa shape index (κ3) is 10.3. The first-order valence-corrected chi connectivity index (χ1v) is 7.41. The lowest BCUT2D eigenvalue weighted by Crippen LogP contribution is -2.18. The van der Waals surface area contributed by atoms with Crippen molar-refractivity contribution < 1.29 is 18.8 Å². The van der Waals surface area contributed by atoms with Crippen molar-refractivity contribution in [2.24, 2.45) is 0 Å². The summed E-state index contributed by atoms with van der Waals surface area (Å²) in [5.74, 6) is 0. The zero-order valence-electron chi connectivity index (χ0n) is 6.62. The van der Waals surface area contributed by atoms with Crippen molar-refractivity contribution in [3.8, 4) is 0 Å². The van der Waals surface area contributed by atoms with Gasteiger partial charge in [-0.25, -0.2) is 0 Å². The van der Waals surface area contributed by atoms with Crippen LogP contribution < -0.4 is 0 Å². The van der Waals surface area contributed by atoms with Crippen LogP contribution in [0, 0.1) is 0 Å². The summed E-state index contributed by atoms with van der Waals surface area (Å²) < 4.78 is 14.2. The molecule has 0 aromatic heterocycles. The van der Waals surface area contributed by atoms with Crippen LogP contribution in [0.5, 0.6) is 0 Å². The molecule has 1 heterocycles. The van der Waals surface area contributed by atoms with E-state index in [2.05, 4.69) is 6.55 Å². The van der Waals surface area contributed by atoms with Crippen molar-refractivity contribution in [3.05, 3.63) is 0 Å². The van der Waals surface area contributed by atoms with Crippen LogP contribution in [0.15, 0.2) is 0 Å². The second-order valence-corrected chi connectivity index (χ2v) is 5.56. The van der Waals surface area contributed by atoms with Crippen LogP contribution >= 0.6 is 8.25 Å². The van der Waals surface area contributed by atoms with Gasteiger partial charge in [-0.05, 0) is 19.0 Å². The van der Waals surface area contributed by atoms with Gasteiger partial charge in [-0.15, -0.1) is 0 Å². The molecule has 1 aliphatic heterocycles. The molecular formula is C5H15O4PSi. The van der Waals surface area contributed by atoms with E-state index in [1.807, 2.05) is 0 Å². The van der Waals surface area contributed by atoms with Gasteiger partial charge in [-0.2, -0.15) is 0 Å². The van der Waals surface area contributed by atoms with Crippen LogP contribution in [0.3, 0.4) is 0 Å². The Balaban J connectivity index is 0.000000218. The fourth-order valence-corrected chi connectivity index (χ4v) is 2.50. The maximum absolute atomic E-state index is 8.74. The van der Waals surface area contributed by atoms with Crippen molar-refractivity contribution >= 4 is 17.3 Å². The summed E-state index contributed by atoms with van der Waals surface area (Å²) in [7, 11) is -3.72. The van der Waals surface area contributed by atoms with E-state index in [1.165, 1.54) is 18.9 Å². The lowest BCUT2D eigenvalue weighted by molar-refractivity contribution is 0.291. The van der Waals surface area contributed by atoms with Gasteiger partial charge in [0.2, 0.25) is 0 Å². The van der Waals surface area contributed by atoms with Gasteiger partial charge in [0.25, 0.3) is 0 Å². The quantitative estimate of drug-likeness (QED) is 0.439. The summed E-state index contributed by atoms with van der Waals surface area (Å²) in [6.45, 7) is 3.33. The highest BCUT2D eigenvalue weighted by atomic mass is 31.1. The zero-order chi connectivity index (χ0) is 8.69. The standard InChI is InChI=1S/C5H12OSi.H3O3P/c1-7-5-3-2-4-6-7;1-4(2)3/h7H,2-5H2,1H3;4H,(H2,1,2,3). The van der Waals surface area contributed by atoms with E-state index < -0.39 is 17.3 Å². The van der Waals surface area contributed by atoms with Crippen molar-refractivity contribution in [2.45, 2.75) is 25.4 Å². The Bertz CT molecular complexity index is 111. The molecule has 68 valence electrons. The largest absolute Gasteiger partial charge is 0.420 e. The zero-order valence-corrected chi connectivity index (χ0v) is 8.77. The Hall–Kier alpha value is 0.327. The van der Waals surface area contributed by atoms with Gasteiger partial charge >= 0.3 is 8.25 Å². The topological polar surface area (TPSA) is 66.8 Å². The molecule has 0 aliphatic carbocycles. The molecule has 0 bridgehead atoms. The molecule has 1 unspecified atom stereocenters. The van der Waals surface area contributed by atoms with E-state index in [4.69, 9.17) is 18.8 Å².